The molecule has 26 heavy (non-hydrogen) atoms. The first kappa shape index (κ1) is 18.5. The molecule has 0 N–H and O–H groups in total. The number of carbonyl (C=O) groups excluding carboxylic acids is 1. The summed E-state index contributed by atoms with van der Waals surface area (Å²) in [6.07, 6.45) is 2.18. The van der Waals surface area contributed by atoms with Gasteiger partial charge in [-0.25, -0.2) is 4.79 Å². The Hall–Kier alpha value is -2.27. The van der Waals surface area contributed by atoms with Crippen molar-refractivity contribution in [2.75, 3.05) is 20.1 Å². The Morgan fingerprint density at radius 3 is 2.54 bits per heavy atom. The molecule has 1 amide bonds. The zero-order valence-electron chi connectivity index (χ0n) is 16.0. The van der Waals surface area contributed by atoms with Crippen LogP contribution in [0.3, 0.4) is 0 Å². The molecule has 0 atom stereocenters. The summed E-state index contributed by atoms with van der Waals surface area (Å²) in [6, 6.07) is 13.9. The molecular formula is C21H29N3O2. The molecule has 5 heteroatoms. The Kier molecular flexibility index (Phi) is 5.99. The van der Waals surface area contributed by atoms with E-state index >= 15 is 0 Å². The first-order valence-corrected chi connectivity index (χ1v) is 9.36. The Morgan fingerprint density at radius 1 is 1.15 bits per heavy atom. The van der Waals surface area contributed by atoms with E-state index < -0.39 is 0 Å². The number of aromatic nitrogens is 1. The van der Waals surface area contributed by atoms with Crippen LogP contribution in [0.2, 0.25) is 0 Å². The summed E-state index contributed by atoms with van der Waals surface area (Å²) in [7, 11) is 3.72. The highest BCUT2D eigenvalue weighted by Gasteiger charge is 2.19. The lowest BCUT2D eigenvalue weighted by molar-refractivity contribution is 0.156. The van der Waals surface area contributed by atoms with Gasteiger partial charge in [-0.05, 0) is 43.5 Å². The second-order valence-electron chi connectivity index (χ2n) is 7.39. The van der Waals surface area contributed by atoms with Crippen molar-refractivity contribution in [2.24, 2.45) is 13.0 Å². The third kappa shape index (κ3) is 4.67. The molecule has 0 bridgehead atoms. The summed E-state index contributed by atoms with van der Waals surface area (Å²) in [5.74, 6) is 1.42. The van der Waals surface area contributed by atoms with Gasteiger partial charge in [0.2, 0.25) is 5.88 Å². The maximum atomic E-state index is 12.4. The van der Waals surface area contributed by atoms with Crippen molar-refractivity contribution in [3.63, 3.8) is 0 Å². The van der Waals surface area contributed by atoms with Gasteiger partial charge >= 0.3 is 6.09 Å². The van der Waals surface area contributed by atoms with Gasteiger partial charge in [0.05, 0.1) is 0 Å². The molecule has 1 fully saturated rings. The fourth-order valence-electron chi connectivity index (χ4n) is 3.33. The quantitative estimate of drug-likeness (QED) is 0.817. The van der Waals surface area contributed by atoms with Crippen molar-refractivity contribution in [1.29, 1.82) is 0 Å². The number of benzene rings is 1. The van der Waals surface area contributed by atoms with E-state index in [-0.39, 0.29) is 6.09 Å². The minimum absolute atomic E-state index is 0.339. The van der Waals surface area contributed by atoms with Crippen molar-refractivity contribution in [3.05, 3.63) is 53.7 Å². The summed E-state index contributed by atoms with van der Waals surface area (Å²) in [4.78, 5) is 16.5. The summed E-state index contributed by atoms with van der Waals surface area (Å²) in [6.45, 7) is 6.04. The number of amides is 1. The van der Waals surface area contributed by atoms with Crippen molar-refractivity contribution < 1.29 is 9.53 Å². The van der Waals surface area contributed by atoms with Crippen molar-refractivity contribution in [1.82, 2.24) is 14.4 Å². The Bertz CT molecular complexity index is 718. The molecule has 0 aliphatic carbocycles. The van der Waals surface area contributed by atoms with Crippen molar-refractivity contribution >= 4 is 6.09 Å². The van der Waals surface area contributed by atoms with Crippen LogP contribution in [0.25, 0.3) is 0 Å². The molecule has 0 saturated carbocycles. The Balaban J connectivity index is 1.56. The van der Waals surface area contributed by atoms with Crippen LogP contribution in [0.5, 0.6) is 5.88 Å². The van der Waals surface area contributed by atoms with Crippen LogP contribution < -0.4 is 4.74 Å². The van der Waals surface area contributed by atoms with Crippen LogP contribution in [0.4, 0.5) is 4.79 Å². The second kappa shape index (κ2) is 8.41. The third-order valence-corrected chi connectivity index (χ3v) is 5.21. The van der Waals surface area contributed by atoms with Crippen molar-refractivity contribution in [2.45, 2.75) is 32.9 Å². The minimum Gasteiger partial charge on any atom is -0.393 e. The summed E-state index contributed by atoms with van der Waals surface area (Å²) in [5.41, 5.74) is 2.26. The van der Waals surface area contributed by atoms with Gasteiger partial charge in [0.1, 0.15) is 0 Å². The average Bonchev–Trinajstić information content (AvgIpc) is 2.98. The molecule has 140 valence electrons. The number of rotatable bonds is 5. The second-order valence-corrected chi connectivity index (χ2v) is 7.39. The van der Waals surface area contributed by atoms with Gasteiger partial charge in [-0.2, -0.15) is 0 Å². The molecule has 0 spiro atoms. The normalized spacial score (nSPS) is 15.8. The maximum absolute atomic E-state index is 12.4. The average molecular weight is 355 g/mol. The number of likely N-dealkylation sites (tertiary alicyclic amines) is 1. The molecular weight excluding hydrogens is 326 g/mol. The zero-order chi connectivity index (χ0) is 18.5. The van der Waals surface area contributed by atoms with Crippen molar-refractivity contribution in [3.8, 4) is 5.88 Å². The van der Waals surface area contributed by atoms with Gasteiger partial charge in [-0.3, -0.25) is 4.90 Å². The first-order chi connectivity index (χ1) is 12.5. The zero-order valence-corrected chi connectivity index (χ0v) is 16.0. The molecule has 0 radical (unpaired) electrons. The van der Waals surface area contributed by atoms with Crippen LogP contribution in [0, 0.1) is 5.92 Å². The highest BCUT2D eigenvalue weighted by molar-refractivity contribution is 5.70. The predicted molar refractivity (Wildman–Crippen MR) is 103 cm³/mol. The van der Waals surface area contributed by atoms with Crippen LogP contribution >= 0.6 is 0 Å². The highest BCUT2D eigenvalue weighted by atomic mass is 16.6. The molecule has 1 aromatic heterocycles. The Morgan fingerprint density at radius 2 is 1.85 bits per heavy atom. The summed E-state index contributed by atoms with van der Waals surface area (Å²) >= 11 is 0. The number of nitrogens with zero attached hydrogens (tertiary/aromatic N) is 3. The van der Waals surface area contributed by atoms with E-state index in [1.807, 2.05) is 48.0 Å². The smallest absolute Gasteiger partial charge is 0.393 e. The van der Waals surface area contributed by atoms with E-state index in [2.05, 4.69) is 17.9 Å². The molecule has 2 heterocycles. The lowest BCUT2D eigenvalue weighted by Gasteiger charge is -2.30. The van der Waals surface area contributed by atoms with E-state index in [1.165, 1.54) is 18.5 Å². The van der Waals surface area contributed by atoms with Crippen LogP contribution in [-0.4, -0.2) is 40.6 Å². The predicted octanol–water partition coefficient (Wildman–Crippen LogP) is 3.89. The number of piperidine rings is 1. The molecule has 1 aliphatic heterocycles. The fraction of sp³-hybridized carbons (Fsp3) is 0.476. The van der Waals surface area contributed by atoms with E-state index in [1.54, 1.807) is 11.9 Å². The van der Waals surface area contributed by atoms with Crippen LogP contribution in [0.1, 0.15) is 31.0 Å². The molecule has 1 aliphatic rings. The van der Waals surface area contributed by atoms with E-state index in [0.29, 0.717) is 12.4 Å². The van der Waals surface area contributed by atoms with Gasteiger partial charge < -0.3 is 14.2 Å². The number of hydrogen-bond acceptors (Lipinski definition) is 3. The third-order valence-electron chi connectivity index (χ3n) is 5.21. The largest absolute Gasteiger partial charge is 0.416 e. The van der Waals surface area contributed by atoms with Crippen LogP contribution in [0.15, 0.2) is 42.5 Å². The minimum atomic E-state index is -0.339. The lowest BCUT2D eigenvalue weighted by Crippen LogP contribution is -2.33. The standard InChI is InChI=1S/C21H29N3O2/c1-17-11-13-24(14-12-17)16-19-9-10-20(23(19)3)26-21(25)22(2)15-18-7-5-4-6-8-18/h4-10,17H,11-16H2,1-3H3. The molecule has 1 saturated heterocycles. The maximum Gasteiger partial charge on any atom is 0.416 e. The topological polar surface area (TPSA) is 37.7 Å². The number of carbonyl (C=O) groups is 1. The number of ether oxygens (including phenoxy) is 1. The monoisotopic (exact) mass is 355 g/mol. The van der Waals surface area contributed by atoms with Gasteiger partial charge in [0.25, 0.3) is 0 Å². The Labute approximate surface area is 156 Å². The van der Waals surface area contributed by atoms with Gasteiger partial charge in [0, 0.05) is 38.9 Å². The molecule has 3 rings (SSSR count). The SMILES string of the molecule is CC1CCN(Cc2ccc(OC(=O)N(C)Cc3ccccc3)n2C)CC1. The fourth-order valence-corrected chi connectivity index (χ4v) is 3.33. The van der Waals surface area contributed by atoms with E-state index in [4.69, 9.17) is 4.74 Å². The molecule has 5 nitrogen and oxygen atoms in total. The van der Waals surface area contributed by atoms with E-state index in [9.17, 15) is 4.79 Å². The lowest BCUT2D eigenvalue weighted by atomic mass is 9.99. The molecule has 1 aromatic carbocycles. The van der Waals surface area contributed by atoms with Gasteiger partial charge in [-0.15, -0.1) is 0 Å². The summed E-state index contributed by atoms with van der Waals surface area (Å²) < 4.78 is 7.58. The van der Waals surface area contributed by atoms with Gasteiger partial charge in [-0.1, -0.05) is 37.3 Å². The van der Waals surface area contributed by atoms with Crippen LogP contribution in [-0.2, 0) is 20.1 Å². The highest BCUT2D eigenvalue weighted by Crippen LogP contribution is 2.21. The number of hydrogen-bond donors (Lipinski definition) is 0. The first-order valence-electron chi connectivity index (χ1n) is 9.36. The molecule has 2 aromatic rings. The van der Waals surface area contributed by atoms with Gasteiger partial charge in [0.15, 0.2) is 0 Å². The van der Waals surface area contributed by atoms with E-state index in [0.717, 1.165) is 31.1 Å². The molecule has 0 unspecified atom stereocenters. The summed E-state index contributed by atoms with van der Waals surface area (Å²) in [5, 5.41) is 0.